The first-order chi connectivity index (χ1) is 10.3. The van der Waals surface area contributed by atoms with Gasteiger partial charge in [-0.3, -0.25) is 4.68 Å². The molecule has 1 aromatic rings. The molecule has 1 saturated carbocycles. The largest absolute Gasteiger partial charge is 0.316 e. The highest BCUT2D eigenvalue weighted by Gasteiger charge is 2.45. The average Bonchev–Trinajstić information content (AvgIpc) is 3.25. The van der Waals surface area contributed by atoms with Crippen LogP contribution in [0.15, 0.2) is 17.2 Å². The summed E-state index contributed by atoms with van der Waals surface area (Å²) in [5.74, 6) is 1.19. The molecule has 3 aliphatic rings. The second kappa shape index (κ2) is 5.29. The zero-order valence-electron chi connectivity index (χ0n) is 12.5. The Bertz CT molecular complexity index is 626. The Balaban J connectivity index is 1.78. The second-order valence-corrected chi connectivity index (χ2v) is 6.81. The lowest BCUT2D eigenvalue weighted by Crippen LogP contribution is -2.17. The lowest BCUT2D eigenvalue weighted by atomic mass is 9.96. The van der Waals surface area contributed by atoms with Gasteiger partial charge in [0, 0.05) is 41.7 Å². The number of fused-ring (bicyclic) bond motifs is 2. The topological polar surface area (TPSA) is 29.9 Å². The van der Waals surface area contributed by atoms with E-state index < -0.39 is 0 Å². The first kappa shape index (κ1) is 13.6. The zero-order chi connectivity index (χ0) is 14.4. The summed E-state index contributed by atoms with van der Waals surface area (Å²) in [5.41, 5.74) is 5.62. The van der Waals surface area contributed by atoms with Crippen LogP contribution < -0.4 is 5.32 Å². The van der Waals surface area contributed by atoms with Crippen molar-refractivity contribution in [2.75, 3.05) is 13.1 Å². The van der Waals surface area contributed by atoms with E-state index >= 15 is 0 Å². The summed E-state index contributed by atoms with van der Waals surface area (Å²) in [6.07, 6.45) is 8.84. The monoisotopic (exact) mass is 303 g/mol. The molecule has 4 rings (SSSR count). The molecule has 0 aromatic carbocycles. The van der Waals surface area contributed by atoms with E-state index in [0.29, 0.717) is 11.8 Å². The number of allylic oxidation sites excluding steroid dienone is 4. The van der Waals surface area contributed by atoms with Gasteiger partial charge in [0.25, 0.3) is 0 Å². The molecule has 2 atom stereocenters. The van der Waals surface area contributed by atoms with Gasteiger partial charge in [-0.2, -0.15) is 5.10 Å². The molecular weight excluding hydrogens is 282 g/mol. The Kier molecular flexibility index (Phi) is 3.43. The predicted octanol–water partition coefficient (Wildman–Crippen LogP) is 3.14. The lowest BCUT2D eigenvalue weighted by molar-refractivity contribution is 0.566. The molecule has 112 valence electrons. The Morgan fingerprint density at radius 3 is 3.00 bits per heavy atom. The van der Waals surface area contributed by atoms with E-state index in [1.807, 2.05) is 0 Å². The van der Waals surface area contributed by atoms with Gasteiger partial charge in [0.15, 0.2) is 0 Å². The van der Waals surface area contributed by atoms with Gasteiger partial charge in [-0.15, -0.1) is 0 Å². The number of halogens is 1. The van der Waals surface area contributed by atoms with Gasteiger partial charge in [-0.25, -0.2) is 0 Å². The summed E-state index contributed by atoms with van der Waals surface area (Å²) >= 11 is 6.27. The Morgan fingerprint density at radius 1 is 1.29 bits per heavy atom. The molecule has 21 heavy (non-hydrogen) atoms. The van der Waals surface area contributed by atoms with Crippen molar-refractivity contribution in [1.29, 1.82) is 0 Å². The van der Waals surface area contributed by atoms with E-state index in [4.69, 9.17) is 16.7 Å². The highest BCUT2D eigenvalue weighted by Crippen LogP contribution is 2.55. The summed E-state index contributed by atoms with van der Waals surface area (Å²) in [6, 6.07) is 0. The maximum atomic E-state index is 6.27. The van der Waals surface area contributed by atoms with Crippen molar-refractivity contribution in [3.05, 3.63) is 34.1 Å². The van der Waals surface area contributed by atoms with Gasteiger partial charge < -0.3 is 5.32 Å². The van der Waals surface area contributed by atoms with Crippen LogP contribution in [0.3, 0.4) is 0 Å². The van der Waals surface area contributed by atoms with Crippen LogP contribution in [0.1, 0.15) is 36.7 Å². The maximum absolute atomic E-state index is 6.27. The predicted molar refractivity (Wildman–Crippen MR) is 86.3 cm³/mol. The van der Waals surface area contributed by atoms with Crippen molar-refractivity contribution < 1.29 is 0 Å². The van der Waals surface area contributed by atoms with Crippen molar-refractivity contribution in [2.24, 2.45) is 11.8 Å². The number of rotatable bonds is 3. The Labute approximate surface area is 131 Å². The van der Waals surface area contributed by atoms with Crippen molar-refractivity contribution in [2.45, 2.75) is 39.2 Å². The standard InChI is InChI=1S/C17H22ClN3/c1-2-9-21-16-6-8-19-7-5-12(16)17(20-21)11-3-4-15(18)14-10-13(11)14/h3-4,13-14,19H,2,5-10H2,1H3. The molecule has 2 heterocycles. The minimum absolute atomic E-state index is 0.572. The Morgan fingerprint density at radius 2 is 2.14 bits per heavy atom. The molecule has 2 unspecified atom stereocenters. The van der Waals surface area contributed by atoms with E-state index in [-0.39, 0.29) is 0 Å². The van der Waals surface area contributed by atoms with Crippen LogP contribution in [-0.2, 0) is 19.4 Å². The number of hydrogen-bond acceptors (Lipinski definition) is 2. The van der Waals surface area contributed by atoms with Gasteiger partial charge in [-0.1, -0.05) is 24.6 Å². The van der Waals surface area contributed by atoms with Crippen molar-refractivity contribution in [1.82, 2.24) is 15.1 Å². The van der Waals surface area contributed by atoms with Crippen molar-refractivity contribution in [3.8, 4) is 0 Å². The molecule has 2 aliphatic carbocycles. The number of aromatic nitrogens is 2. The molecule has 0 amide bonds. The smallest absolute Gasteiger partial charge is 0.0921 e. The van der Waals surface area contributed by atoms with Crippen molar-refractivity contribution in [3.63, 3.8) is 0 Å². The number of aryl methyl sites for hydroxylation is 1. The summed E-state index contributed by atoms with van der Waals surface area (Å²) in [7, 11) is 0. The highest BCUT2D eigenvalue weighted by atomic mass is 35.5. The maximum Gasteiger partial charge on any atom is 0.0921 e. The van der Waals surface area contributed by atoms with Gasteiger partial charge in [0.1, 0.15) is 0 Å². The van der Waals surface area contributed by atoms with E-state index in [2.05, 4.69) is 29.1 Å². The molecule has 1 N–H and O–H groups in total. The average molecular weight is 304 g/mol. The van der Waals surface area contributed by atoms with Crippen LogP contribution in [0.2, 0.25) is 0 Å². The van der Waals surface area contributed by atoms with Gasteiger partial charge in [-0.05, 0) is 43.4 Å². The van der Waals surface area contributed by atoms with Crippen LogP contribution in [0.4, 0.5) is 0 Å². The van der Waals surface area contributed by atoms with Crippen LogP contribution in [-0.4, -0.2) is 22.9 Å². The summed E-state index contributed by atoms with van der Waals surface area (Å²) in [4.78, 5) is 0. The fraction of sp³-hybridized carbons (Fsp3) is 0.588. The highest BCUT2D eigenvalue weighted by molar-refractivity contribution is 6.30. The normalized spacial score (nSPS) is 27.3. The van der Waals surface area contributed by atoms with Gasteiger partial charge in [0.05, 0.1) is 5.69 Å². The third kappa shape index (κ3) is 2.27. The minimum Gasteiger partial charge on any atom is -0.316 e. The molecule has 0 saturated heterocycles. The molecular formula is C17H22ClN3. The van der Waals surface area contributed by atoms with Gasteiger partial charge in [0.2, 0.25) is 0 Å². The third-order valence-electron chi connectivity index (χ3n) is 4.93. The molecule has 1 aliphatic heterocycles. The fourth-order valence-electron chi connectivity index (χ4n) is 3.77. The van der Waals surface area contributed by atoms with Crippen LogP contribution >= 0.6 is 11.6 Å². The molecule has 0 bridgehead atoms. The van der Waals surface area contributed by atoms with Crippen LogP contribution in [0.25, 0.3) is 5.57 Å². The first-order valence-electron chi connectivity index (χ1n) is 8.16. The third-order valence-corrected chi connectivity index (χ3v) is 5.34. The molecule has 0 radical (unpaired) electrons. The quantitative estimate of drug-likeness (QED) is 0.930. The molecule has 1 aromatic heterocycles. The number of hydrogen-bond donors (Lipinski definition) is 1. The van der Waals surface area contributed by atoms with Crippen LogP contribution in [0.5, 0.6) is 0 Å². The summed E-state index contributed by atoms with van der Waals surface area (Å²) in [6.45, 7) is 5.39. The zero-order valence-corrected chi connectivity index (χ0v) is 13.3. The van der Waals surface area contributed by atoms with E-state index in [9.17, 15) is 0 Å². The van der Waals surface area contributed by atoms with E-state index in [0.717, 1.165) is 43.9 Å². The lowest BCUT2D eigenvalue weighted by Gasteiger charge is -2.10. The fourth-order valence-corrected chi connectivity index (χ4v) is 4.07. The number of nitrogens with one attached hydrogen (secondary N) is 1. The van der Waals surface area contributed by atoms with Crippen LogP contribution in [0, 0.1) is 11.8 Å². The second-order valence-electron chi connectivity index (χ2n) is 6.37. The molecule has 0 spiro atoms. The van der Waals surface area contributed by atoms with Crippen molar-refractivity contribution >= 4 is 17.2 Å². The van der Waals surface area contributed by atoms with E-state index in [1.165, 1.54) is 28.9 Å². The SMILES string of the molecule is CCCn1nc(C2=CC=C(Cl)C3CC23)c2c1CCNCC2. The molecule has 3 nitrogen and oxygen atoms in total. The molecule has 4 heteroatoms. The van der Waals surface area contributed by atoms with Gasteiger partial charge >= 0.3 is 0 Å². The van der Waals surface area contributed by atoms with E-state index in [1.54, 1.807) is 0 Å². The summed E-state index contributed by atoms with van der Waals surface area (Å²) in [5, 5.41) is 9.54. The Hall–Kier alpha value is -1.06. The first-order valence-corrected chi connectivity index (χ1v) is 8.54. The summed E-state index contributed by atoms with van der Waals surface area (Å²) < 4.78 is 2.26. The molecule has 1 fully saturated rings. The minimum atomic E-state index is 0.572. The number of nitrogens with zero attached hydrogens (tertiary/aromatic N) is 2.